The second-order valence-electron chi connectivity index (χ2n) is 5.17. The van der Waals surface area contributed by atoms with E-state index in [2.05, 4.69) is 9.98 Å². The molecule has 4 heteroatoms. The Balaban J connectivity index is 2.03. The fourth-order valence-electron chi connectivity index (χ4n) is 2.71. The van der Waals surface area contributed by atoms with E-state index in [-0.39, 0.29) is 11.4 Å². The molecule has 0 amide bonds. The summed E-state index contributed by atoms with van der Waals surface area (Å²) in [4.78, 5) is 18.6. The summed E-state index contributed by atoms with van der Waals surface area (Å²) in [5, 5.41) is 13.3. The Labute approximate surface area is 125 Å². The quantitative estimate of drug-likeness (QED) is 0.715. The van der Waals surface area contributed by atoms with E-state index in [0.29, 0.717) is 10.9 Å². The van der Waals surface area contributed by atoms with Gasteiger partial charge in [-0.3, -0.25) is 14.8 Å². The molecule has 0 unspecified atom stereocenters. The summed E-state index contributed by atoms with van der Waals surface area (Å²) in [5.41, 5.74) is 1.36. The number of fused-ring (bicyclic) bond motifs is 2. The number of aromatic nitrogens is 1. The molecule has 2 N–H and O–H groups in total. The zero-order chi connectivity index (χ0) is 15.1. The van der Waals surface area contributed by atoms with Crippen molar-refractivity contribution in [1.82, 2.24) is 4.98 Å². The average Bonchev–Trinajstić information content (AvgIpc) is 2.99. The number of rotatable bonds is 1. The molecule has 1 aromatic heterocycles. The molecule has 0 saturated heterocycles. The monoisotopic (exact) mass is 288 g/mol. The van der Waals surface area contributed by atoms with Gasteiger partial charge in [0.25, 0.3) is 5.56 Å². The number of nitrogens with zero attached hydrogens (tertiary/aromatic N) is 1. The van der Waals surface area contributed by atoms with Crippen LogP contribution in [0.2, 0.25) is 0 Å². The van der Waals surface area contributed by atoms with Crippen LogP contribution in [0.25, 0.3) is 22.9 Å². The first-order valence-electron chi connectivity index (χ1n) is 6.92. The van der Waals surface area contributed by atoms with Crippen molar-refractivity contribution in [2.75, 3.05) is 0 Å². The van der Waals surface area contributed by atoms with Gasteiger partial charge in [-0.2, -0.15) is 0 Å². The molecule has 106 valence electrons. The van der Waals surface area contributed by atoms with Gasteiger partial charge >= 0.3 is 0 Å². The third kappa shape index (κ3) is 1.93. The van der Waals surface area contributed by atoms with Gasteiger partial charge in [-0.25, -0.2) is 0 Å². The summed E-state index contributed by atoms with van der Waals surface area (Å²) in [7, 11) is 0. The van der Waals surface area contributed by atoms with Crippen LogP contribution < -0.4 is 16.1 Å². The second kappa shape index (κ2) is 4.70. The Morgan fingerprint density at radius 3 is 2.77 bits per heavy atom. The van der Waals surface area contributed by atoms with Gasteiger partial charge in [0.2, 0.25) is 0 Å². The summed E-state index contributed by atoms with van der Waals surface area (Å²) < 4.78 is 0. The lowest BCUT2D eigenvalue weighted by Crippen LogP contribution is -2.11. The molecular formula is C18H12N2O2. The molecule has 0 saturated carbocycles. The molecule has 0 fully saturated rings. The third-order valence-corrected chi connectivity index (χ3v) is 3.78. The van der Waals surface area contributed by atoms with Gasteiger partial charge < -0.3 is 5.11 Å². The van der Waals surface area contributed by atoms with Crippen LogP contribution in [0, 0.1) is 0 Å². The topological polar surface area (TPSA) is 65.5 Å². The average molecular weight is 288 g/mol. The van der Waals surface area contributed by atoms with Gasteiger partial charge in [-0.05, 0) is 41.0 Å². The van der Waals surface area contributed by atoms with Crippen molar-refractivity contribution in [2.24, 2.45) is 4.99 Å². The lowest BCUT2D eigenvalue weighted by molar-refractivity contribution is 0.452. The molecule has 0 bridgehead atoms. The molecule has 1 aliphatic rings. The molecule has 0 aliphatic carbocycles. The number of pyridine rings is 1. The summed E-state index contributed by atoms with van der Waals surface area (Å²) in [6.07, 6.45) is 5.57. The third-order valence-electron chi connectivity index (χ3n) is 3.78. The molecule has 4 nitrogen and oxygen atoms in total. The van der Waals surface area contributed by atoms with E-state index in [1.165, 1.54) is 0 Å². The van der Waals surface area contributed by atoms with Crippen LogP contribution in [0.15, 0.2) is 58.5 Å². The van der Waals surface area contributed by atoms with Crippen LogP contribution in [0.1, 0.15) is 11.1 Å². The van der Waals surface area contributed by atoms with Crippen molar-refractivity contribution in [1.29, 1.82) is 0 Å². The smallest absolute Gasteiger partial charge is 0.258 e. The molecule has 2 aromatic carbocycles. The Hall–Kier alpha value is -3.14. The number of H-pyrrole nitrogens is 1. The Morgan fingerprint density at radius 2 is 1.91 bits per heavy atom. The van der Waals surface area contributed by atoms with Crippen molar-refractivity contribution < 1.29 is 5.11 Å². The summed E-state index contributed by atoms with van der Waals surface area (Å²) in [5.74, 6) is -0.121. The fraction of sp³-hybridized carbons (Fsp3) is 0. The van der Waals surface area contributed by atoms with Gasteiger partial charge in [0.15, 0.2) is 5.88 Å². The van der Waals surface area contributed by atoms with Crippen LogP contribution in [0.3, 0.4) is 0 Å². The minimum atomic E-state index is -0.291. The van der Waals surface area contributed by atoms with E-state index in [9.17, 15) is 9.90 Å². The largest absolute Gasteiger partial charge is 0.494 e. The number of nitrogens with one attached hydrogen (secondary N) is 1. The van der Waals surface area contributed by atoms with E-state index in [1.54, 1.807) is 18.3 Å². The first-order valence-corrected chi connectivity index (χ1v) is 6.92. The highest BCUT2D eigenvalue weighted by molar-refractivity contribution is 5.91. The molecule has 0 spiro atoms. The van der Waals surface area contributed by atoms with Gasteiger partial charge in [0, 0.05) is 22.7 Å². The molecule has 2 heterocycles. The van der Waals surface area contributed by atoms with Gasteiger partial charge in [0.05, 0.1) is 5.36 Å². The number of hydrogen-bond donors (Lipinski definition) is 2. The molecule has 4 rings (SSSR count). The van der Waals surface area contributed by atoms with E-state index in [0.717, 1.165) is 21.5 Å². The van der Waals surface area contributed by atoms with Crippen molar-refractivity contribution in [3.8, 4) is 5.88 Å². The number of benzene rings is 2. The van der Waals surface area contributed by atoms with Gasteiger partial charge in [-0.1, -0.05) is 24.3 Å². The summed E-state index contributed by atoms with van der Waals surface area (Å²) in [6, 6.07) is 13.1. The lowest BCUT2D eigenvalue weighted by Gasteiger charge is -2.04. The van der Waals surface area contributed by atoms with E-state index >= 15 is 0 Å². The zero-order valence-corrected chi connectivity index (χ0v) is 11.6. The van der Waals surface area contributed by atoms with Crippen molar-refractivity contribution in [3.05, 3.63) is 80.7 Å². The highest BCUT2D eigenvalue weighted by atomic mass is 16.3. The first kappa shape index (κ1) is 12.6. The zero-order valence-electron chi connectivity index (χ0n) is 11.6. The van der Waals surface area contributed by atoms with Crippen LogP contribution in [-0.4, -0.2) is 10.1 Å². The first-order chi connectivity index (χ1) is 10.7. The van der Waals surface area contributed by atoms with Gasteiger partial charge in [0.1, 0.15) is 0 Å². The van der Waals surface area contributed by atoms with Gasteiger partial charge in [-0.15, -0.1) is 0 Å². The van der Waals surface area contributed by atoms with Crippen molar-refractivity contribution in [2.45, 2.75) is 0 Å². The van der Waals surface area contributed by atoms with Crippen molar-refractivity contribution in [3.63, 3.8) is 0 Å². The van der Waals surface area contributed by atoms with Crippen LogP contribution in [0.4, 0.5) is 0 Å². The number of hydrogen-bond acceptors (Lipinski definition) is 3. The summed E-state index contributed by atoms with van der Waals surface area (Å²) >= 11 is 0. The summed E-state index contributed by atoms with van der Waals surface area (Å²) in [6.45, 7) is 0. The normalized spacial score (nSPS) is 13.4. The van der Waals surface area contributed by atoms with Crippen LogP contribution in [0.5, 0.6) is 5.88 Å². The standard InChI is InChI=1S/C18H12N2O2/c21-17-14-4-2-1-3-13(14)15(18(22)20-17)10-11-5-6-16-12(9-11)7-8-19-16/h1-10H,(H2,20,21,22)/b11-10+. The molecule has 3 aromatic rings. The molecule has 22 heavy (non-hydrogen) atoms. The molecule has 1 aliphatic heterocycles. The van der Waals surface area contributed by atoms with Crippen LogP contribution in [-0.2, 0) is 0 Å². The highest BCUT2D eigenvalue weighted by Crippen LogP contribution is 2.22. The molecular weight excluding hydrogens is 276 g/mol. The minimum Gasteiger partial charge on any atom is -0.494 e. The lowest BCUT2D eigenvalue weighted by atomic mass is 10.1. The Kier molecular flexibility index (Phi) is 2.69. The highest BCUT2D eigenvalue weighted by Gasteiger charge is 2.08. The SMILES string of the molecule is O=c1[nH]c(O)c(/C=c2\ccc3c(c2)C=CN=3)c2ccccc12. The minimum absolute atomic E-state index is 0.121. The maximum atomic E-state index is 11.9. The second-order valence-corrected chi connectivity index (χ2v) is 5.17. The number of aromatic hydroxyl groups is 1. The van der Waals surface area contributed by atoms with Crippen molar-refractivity contribution >= 4 is 22.9 Å². The Morgan fingerprint density at radius 1 is 1.09 bits per heavy atom. The number of aromatic amines is 1. The maximum Gasteiger partial charge on any atom is 0.258 e. The molecule has 0 atom stereocenters. The Bertz CT molecular complexity index is 1110. The fourth-order valence-corrected chi connectivity index (χ4v) is 2.71. The van der Waals surface area contributed by atoms with E-state index in [1.807, 2.05) is 42.5 Å². The predicted molar refractivity (Wildman–Crippen MR) is 86.1 cm³/mol. The maximum absolute atomic E-state index is 11.9. The molecule has 0 radical (unpaired) electrons. The van der Waals surface area contributed by atoms with E-state index in [4.69, 9.17) is 0 Å². The van der Waals surface area contributed by atoms with E-state index < -0.39 is 0 Å². The van der Waals surface area contributed by atoms with Crippen LogP contribution >= 0.6 is 0 Å². The predicted octanol–water partition coefficient (Wildman–Crippen LogP) is 1.67.